The fourth-order valence-corrected chi connectivity index (χ4v) is 1.99. The third-order valence-corrected chi connectivity index (χ3v) is 3.21. The molecule has 0 fully saturated rings. The Morgan fingerprint density at radius 3 is 2.50 bits per heavy atom. The number of allylic oxidation sites excluding steroid dienone is 1. The van der Waals surface area contributed by atoms with Crippen molar-refractivity contribution in [3.05, 3.63) is 65.2 Å². The van der Waals surface area contributed by atoms with E-state index in [0.29, 0.717) is 22.6 Å². The van der Waals surface area contributed by atoms with Crippen LogP contribution in [0.1, 0.15) is 21.5 Å². The fourth-order valence-electron chi connectivity index (χ4n) is 1.99. The van der Waals surface area contributed by atoms with Crippen LogP contribution in [0.25, 0.3) is 6.08 Å². The maximum atomic E-state index is 12.1. The van der Waals surface area contributed by atoms with Crippen molar-refractivity contribution < 1.29 is 14.3 Å². The predicted octanol–water partition coefficient (Wildman–Crippen LogP) is 3.37. The van der Waals surface area contributed by atoms with Gasteiger partial charge in [0.1, 0.15) is 6.07 Å². The lowest BCUT2D eigenvalue weighted by Gasteiger charge is -2.08. The monoisotopic (exact) mass is 318 g/mol. The summed E-state index contributed by atoms with van der Waals surface area (Å²) in [6.07, 6.45) is 3.11. The predicted molar refractivity (Wildman–Crippen MR) is 88.6 cm³/mol. The average molecular weight is 318 g/mol. The van der Waals surface area contributed by atoms with Crippen molar-refractivity contribution in [3.8, 4) is 23.6 Å². The summed E-state index contributed by atoms with van der Waals surface area (Å²) in [6, 6.07) is 15.5. The van der Waals surface area contributed by atoms with E-state index in [0.717, 1.165) is 5.56 Å². The van der Waals surface area contributed by atoms with Gasteiger partial charge >= 0.3 is 0 Å². The van der Waals surface area contributed by atoms with Crippen LogP contribution < -0.4 is 9.47 Å². The molecule has 0 saturated heterocycles. The minimum Gasteiger partial charge on any atom is -0.493 e. The molecule has 2 aromatic carbocycles. The maximum Gasteiger partial charge on any atom is 0.185 e. The van der Waals surface area contributed by atoms with E-state index in [1.54, 1.807) is 48.5 Å². The van der Waals surface area contributed by atoms with Crippen LogP contribution in [0.2, 0.25) is 0 Å². The molecule has 0 N–H and O–H groups in total. The molecule has 0 bridgehead atoms. The first-order valence-corrected chi connectivity index (χ1v) is 7.08. The number of benzene rings is 2. The molecule has 2 rings (SSSR count). The second kappa shape index (κ2) is 8.17. The van der Waals surface area contributed by atoms with Gasteiger partial charge in [-0.2, -0.15) is 10.5 Å². The summed E-state index contributed by atoms with van der Waals surface area (Å²) in [5.74, 6) is 0.788. The maximum absolute atomic E-state index is 12.1. The van der Waals surface area contributed by atoms with Crippen LogP contribution in [-0.2, 0) is 0 Å². The second-order valence-electron chi connectivity index (χ2n) is 4.74. The minimum atomic E-state index is -0.164. The molecule has 0 aliphatic carbocycles. The highest BCUT2D eigenvalue weighted by molar-refractivity contribution is 6.06. The van der Waals surface area contributed by atoms with Crippen LogP contribution in [0.3, 0.4) is 0 Å². The largest absolute Gasteiger partial charge is 0.493 e. The zero-order valence-electron chi connectivity index (χ0n) is 13.0. The summed E-state index contributed by atoms with van der Waals surface area (Å²) >= 11 is 0. The molecule has 0 spiro atoms. The lowest BCUT2D eigenvalue weighted by molar-refractivity contribution is 0.104. The van der Waals surface area contributed by atoms with E-state index in [-0.39, 0.29) is 12.4 Å². The van der Waals surface area contributed by atoms with E-state index in [1.165, 1.54) is 13.2 Å². The van der Waals surface area contributed by atoms with E-state index in [9.17, 15) is 4.79 Å². The Hall–Kier alpha value is -3.57. The van der Waals surface area contributed by atoms with Gasteiger partial charge in [0.05, 0.1) is 18.7 Å². The number of hydrogen-bond donors (Lipinski definition) is 0. The van der Waals surface area contributed by atoms with Crippen molar-refractivity contribution in [2.75, 3.05) is 13.7 Å². The first kappa shape index (κ1) is 16.8. The van der Waals surface area contributed by atoms with Crippen molar-refractivity contribution in [2.24, 2.45) is 0 Å². The lowest BCUT2D eigenvalue weighted by Crippen LogP contribution is -1.97. The number of nitriles is 2. The van der Waals surface area contributed by atoms with E-state index in [2.05, 4.69) is 0 Å². The van der Waals surface area contributed by atoms with Crippen LogP contribution in [0.5, 0.6) is 11.5 Å². The zero-order valence-corrected chi connectivity index (χ0v) is 13.0. The number of rotatable bonds is 6. The van der Waals surface area contributed by atoms with Crippen LogP contribution in [-0.4, -0.2) is 19.5 Å². The molecule has 0 radical (unpaired) electrons. The van der Waals surface area contributed by atoms with E-state index < -0.39 is 0 Å². The summed E-state index contributed by atoms with van der Waals surface area (Å²) in [5.41, 5.74) is 1.78. The molecule has 0 saturated carbocycles. The second-order valence-corrected chi connectivity index (χ2v) is 4.74. The Balaban J connectivity index is 2.14. The van der Waals surface area contributed by atoms with E-state index >= 15 is 0 Å². The van der Waals surface area contributed by atoms with Gasteiger partial charge in [0.2, 0.25) is 0 Å². The van der Waals surface area contributed by atoms with Crippen molar-refractivity contribution in [2.45, 2.75) is 0 Å². The molecule has 24 heavy (non-hydrogen) atoms. The molecule has 118 valence electrons. The fraction of sp³-hybridized carbons (Fsp3) is 0.105. The molecule has 0 unspecified atom stereocenters. The smallest absolute Gasteiger partial charge is 0.185 e. The summed E-state index contributed by atoms with van der Waals surface area (Å²) in [7, 11) is 1.50. The Bertz CT molecular complexity index is 840. The van der Waals surface area contributed by atoms with Gasteiger partial charge in [0, 0.05) is 5.56 Å². The Morgan fingerprint density at radius 1 is 1.12 bits per heavy atom. The molecule has 5 nitrogen and oxygen atoms in total. The van der Waals surface area contributed by atoms with Gasteiger partial charge in [-0.15, -0.1) is 0 Å². The van der Waals surface area contributed by atoms with Gasteiger partial charge in [-0.1, -0.05) is 12.1 Å². The summed E-state index contributed by atoms with van der Waals surface area (Å²) < 4.78 is 10.5. The molecule has 0 atom stereocenters. The third-order valence-electron chi connectivity index (χ3n) is 3.21. The molecule has 0 heterocycles. The molecular formula is C19H14N2O3. The number of carbonyl (C=O) groups excluding carboxylic acids is 1. The van der Waals surface area contributed by atoms with Gasteiger partial charge in [-0.25, -0.2) is 0 Å². The molecular weight excluding hydrogens is 304 g/mol. The number of hydrogen-bond acceptors (Lipinski definition) is 5. The highest BCUT2D eigenvalue weighted by Gasteiger charge is 2.05. The zero-order chi connectivity index (χ0) is 17.4. The van der Waals surface area contributed by atoms with Crippen LogP contribution >= 0.6 is 0 Å². The lowest BCUT2D eigenvalue weighted by atomic mass is 10.1. The highest BCUT2D eigenvalue weighted by atomic mass is 16.5. The number of ether oxygens (including phenoxy) is 2. The SMILES string of the molecule is COc1cc(C=CC(=O)c2ccc(C#N)cc2)ccc1OCC#N. The summed E-state index contributed by atoms with van der Waals surface area (Å²) in [5, 5.41) is 17.3. The van der Waals surface area contributed by atoms with E-state index in [1.807, 2.05) is 12.1 Å². The van der Waals surface area contributed by atoms with Gasteiger partial charge in [0.15, 0.2) is 23.9 Å². The third kappa shape index (κ3) is 4.22. The first-order chi connectivity index (χ1) is 11.7. The number of carbonyl (C=O) groups is 1. The molecule has 5 heteroatoms. The van der Waals surface area contributed by atoms with Crippen molar-refractivity contribution >= 4 is 11.9 Å². The van der Waals surface area contributed by atoms with Crippen LogP contribution in [0.15, 0.2) is 48.5 Å². The van der Waals surface area contributed by atoms with Gasteiger partial charge in [0.25, 0.3) is 0 Å². The van der Waals surface area contributed by atoms with Crippen LogP contribution in [0.4, 0.5) is 0 Å². The molecule has 0 aliphatic heterocycles. The van der Waals surface area contributed by atoms with Crippen molar-refractivity contribution in [1.29, 1.82) is 10.5 Å². The van der Waals surface area contributed by atoms with Gasteiger partial charge < -0.3 is 9.47 Å². The standard InChI is InChI=1S/C19H14N2O3/c1-23-19-12-14(5-9-18(19)24-11-10-20)4-8-17(22)16-6-2-15(13-21)3-7-16/h2-9,12H,11H2,1H3. The number of methoxy groups -OCH3 is 1. The Labute approximate surface area is 140 Å². The molecule has 0 amide bonds. The number of ketones is 1. The highest BCUT2D eigenvalue weighted by Crippen LogP contribution is 2.28. The minimum absolute atomic E-state index is 0.0667. The first-order valence-electron chi connectivity index (χ1n) is 7.08. The Morgan fingerprint density at radius 2 is 1.88 bits per heavy atom. The molecule has 0 aromatic heterocycles. The summed E-state index contributed by atoms with van der Waals surface area (Å²) in [4.78, 5) is 12.1. The van der Waals surface area contributed by atoms with Gasteiger partial charge in [-0.05, 0) is 48.0 Å². The van der Waals surface area contributed by atoms with Crippen molar-refractivity contribution in [3.63, 3.8) is 0 Å². The Kier molecular flexibility index (Phi) is 5.71. The summed E-state index contributed by atoms with van der Waals surface area (Å²) in [6.45, 7) is -0.0667. The molecule has 0 aliphatic rings. The normalized spacial score (nSPS) is 9.96. The topological polar surface area (TPSA) is 83.1 Å². The quantitative estimate of drug-likeness (QED) is 0.602. The van der Waals surface area contributed by atoms with Crippen molar-refractivity contribution in [1.82, 2.24) is 0 Å². The van der Waals surface area contributed by atoms with E-state index in [4.69, 9.17) is 20.0 Å². The van der Waals surface area contributed by atoms with Gasteiger partial charge in [-0.3, -0.25) is 4.79 Å². The average Bonchev–Trinajstić information content (AvgIpc) is 2.64. The van der Waals surface area contributed by atoms with Crippen LogP contribution in [0, 0.1) is 22.7 Å². The number of nitrogens with zero attached hydrogens (tertiary/aromatic N) is 2. The molecule has 2 aromatic rings.